The predicted octanol–water partition coefficient (Wildman–Crippen LogP) is 5.30. The van der Waals surface area contributed by atoms with Crippen molar-refractivity contribution in [1.29, 1.82) is 0 Å². The summed E-state index contributed by atoms with van der Waals surface area (Å²) < 4.78 is 6.03. The van der Waals surface area contributed by atoms with Gasteiger partial charge in [0.2, 0.25) is 0 Å². The molecular weight excluding hydrogens is 400 g/mol. The normalized spacial score (nSPS) is 13.6. The molecule has 0 bridgehead atoms. The summed E-state index contributed by atoms with van der Waals surface area (Å²) in [6, 6.07) is 17.9. The topological polar surface area (TPSA) is 42.4 Å². The third-order valence-corrected chi connectivity index (χ3v) is 6.65. The van der Waals surface area contributed by atoms with Crippen LogP contribution >= 0.6 is 24.0 Å². The molecule has 1 aromatic heterocycles. The molecule has 1 fully saturated rings. The van der Waals surface area contributed by atoms with E-state index in [4.69, 9.17) is 21.9 Å². The Hall–Kier alpha value is -2.44. The van der Waals surface area contributed by atoms with Crippen molar-refractivity contribution in [2.45, 2.75) is 18.6 Å². The Kier molecular flexibility index (Phi) is 6.11. The van der Waals surface area contributed by atoms with Gasteiger partial charge < -0.3 is 9.64 Å². The number of rotatable bonds is 4. The number of aromatic nitrogens is 1. The molecule has 3 aromatic rings. The molecule has 1 aliphatic heterocycles. The number of esters is 1. The van der Waals surface area contributed by atoms with Gasteiger partial charge in [-0.05, 0) is 24.5 Å². The lowest BCUT2D eigenvalue weighted by molar-refractivity contribution is 0.0600. The first kappa shape index (κ1) is 19.9. The van der Waals surface area contributed by atoms with Crippen LogP contribution in [0.4, 0.5) is 0 Å². The lowest BCUT2D eigenvalue weighted by Gasteiger charge is -2.19. The Bertz CT molecular complexity index is 1050. The lowest BCUT2D eigenvalue weighted by Crippen LogP contribution is -2.23. The quantitative estimate of drug-likeness (QED) is 0.420. The van der Waals surface area contributed by atoms with Crippen LogP contribution in [0.15, 0.2) is 54.6 Å². The Morgan fingerprint density at radius 2 is 1.79 bits per heavy atom. The zero-order valence-electron chi connectivity index (χ0n) is 16.3. The van der Waals surface area contributed by atoms with E-state index in [1.807, 2.05) is 54.6 Å². The Balaban J connectivity index is 1.82. The number of hydrogen-bond donors (Lipinski definition) is 0. The summed E-state index contributed by atoms with van der Waals surface area (Å²) in [5, 5.41) is 0.940. The van der Waals surface area contributed by atoms with Gasteiger partial charge in [-0.1, -0.05) is 72.5 Å². The maximum Gasteiger partial charge on any atom is 0.340 e. The minimum atomic E-state index is -0.371. The first-order valence-electron chi connectivity index (χ1n) is 9.66. The molecule has 2 heterocycles. The number of fused-ring (bicyclic) bond motifs is 1. The van der Waals surface area contributed by atoms with Crippen molar-refractivity contribution >= 4 is 45.2 Å². The van der Waals surface area contributed by atoms with Crippen LogP contribution in [-0.4, -0.2) is 40.4 Å². The van der Waals surface area contributed by atoms with Crippen LogP contribution in [0.5, 0.6) is 0 Å². The molecule has 6 heteroatoms. The van der Waals surface area contributed by atoms with E-state index in [9.17, 15) is 4.79 Å². The first-order valence-corrected chi connectivity index (χ1v) is 11.1. The highest BCUT2D eigenvalue weighted by atomic mass is 32.2. The van der Waals surface area contributed by atoms with Crippen LogP contribution < -0.4 is 0 Å². The van der Waals surface area contributed by atoms with Gasteiger partial charge in [0.05, 0.1) is 23.9 Å². The van der Waals surface area contributed by atoms with Crippen molar-refractivity contribution in [3.05, 3.63) is 65.9 Å². The fourth-order valence-corrected chi connectivity index (χ4v) is 4.91. The second kappa shape index (κ2) is 8.93. The molecule has 148 valence electrons. The molecule has 0 amide bonds. The summed E-state index contributed by atoms with van der Waals surface area (Å²) in [5.41, 5.74) is 3.93. The number of para-hydroxylation sites is 1. The molecule has 0 N–H and O–H groups in total. The van der Waals surface area contributed by atoms with Crippen molar-refractivity contribution in [3.8, 4) is 11.1 Å². The molecule has 1 saturated heterocycles. The maximum atomic E-state index is 12.9. The predicted molar refractivity (Wildman–Crippen MR) is 123 cm³/mol. The Morgan fingerprint density at radius 1 is 1.10 bits per heavy atom. The third kappa shape index (κ3) is 4.14. The van der Waals surface area contributed by atoms with E-state index < -0.39 is 0 Å². The molecular formula is C23H22N2O2S2. The molecule has 1 aliphatic rings. The molecule has 0 atom stereocenters. The molecule has 0 aliphatic carbocycles. The zero-order chi connectivity index (χ0) is 20.2. The van der Waals surface area contributed by atoms with E-state index in [0.717, 1.165) is 39.4 Å². The summed E-state index contributed by atoms with van der Waals surface area (Å²) >= 11 is 7.19. The van der Waals surface area contributed by atoms with Gasteiger partial charge in [0.1, 0.15) is 4.32 Å². The van der Waals surface area contributed by atoms with E-state index in [0.29, 0.717) is 17.0 Å². The highest BCUT2D eigenvalue weighted by Crippen LogP contribution is 2.35. The minimum Gasteiger partial charge on any atom is -0.465 e. The number of benzene rings is 2. The highest BCUT2D eigenvalue weighted by Gasteiger charge is 2.24. The van der Waals surface area contributed by atoms with Gasteiger partial charge >= 0.3 is 5.97 Å². The van der Waals surface area contributed by atoms with Crippen molar-refractivity contribution < 1.29 is 9.53 Å². The van der Waals surface area contributed by atoms with Crippen LogP contribution in [0.2, 0.25) is 0 Å². The standard InChI is InChI=1S/C23H22N2O2S2/c1-27-22(26)21-19(15-29-23(28)25-13-7-8-14-25)24-18-12-6-5-11-17(18)20(21)16-9-3-2-4-10-16/h2-6,9-12H,7-8,13-15H2,1H3. The summed E-state index contributed by atoms with van der Waals surface area (Å²) in [6.45, 7) is 2.02. The van der Waals surface area contributed by atoms with Gasteiger partial charge in [0, 0.05) is 29.8 Å². The number of carbonyl (C=O) groups excluding carboxylic acids is 1. The van der Waals surface area contributed by atoms with Gasteiger partial charge in [-0.2, -0.15) is 0 Å². The Morgan fingerprint density at radius 3 is 2.52 bits per heavy atom. The lowest BCUT2D eigenvalue weighted by atomic mass is 9.94. The maximum absolute atomic E-state index is 12.9. The zero-order valence-corrected chi connectivity index (χ0v) is 17.9. The summed E-state index contributed by atoms with van der Waals surface area (Å²) in [5.74, 6) is 0.162. The van der Waals surface area contributed by atoms with E-state index in [1.54, 1.807) is 11.8 Å². The van der Waals surface area contributed by atoms with Crippen molar-refractivity contribution in [2.75, 3.05) is 20.2 Å². The second-order valence-corrected chi connectivity index (χ2v) is 8.54. The fraction of sp³-hybridized carbons (Fsp3) is 0.261. The third-order valence-electron chi connectivity index (χ3n) is 5.12. The van der Waals surface area contributed by atoms with E-state index in [-0.39, 0.29) is 5.97 Å². The van der Waals surface area contributed by atoms with E-state index >= 15 is 0 Å². The number of methoxy groups -OCH3 is 1. The molecule has 0 spiro atoms. The van der Waals surface area contributed by atoms with E-state index in [2.05, 4.69) is 4.90 Å². The van der Waals surface area contributed by atoms with Crippen LogP contribution in [0.3, 0.4) is 0 Å². The number of thioether (sulfide) groups is 1. The minimum absolute atomic E-state index is 0.371. The number of hydrogen-bond acceptors (Lipinski definition) is 5. The SMILES string of the molecule is COC(=O)c1c(CSC(=S)N2CCCC2)nc2ccccc2c1-c1ccccc1. The van der Waals surface area contributed by atoms with Crippen LogP contribution in [0.1, 0.15) is 28.9 Å². The molecule has 4 nitrogen and oxygen atoms in total. The summed E-state index contributed by atoms with van der Waals surface area (Å²) in [6.07, 6.45) is 2.36. The smallest absolute Gasteiger partial charge is 0.340 e. The van der Waals surface area contributed by atoms with E-state index in [1.165, 1.54) is 20.0 Å². The van der Waals surface area contributed by atoms with Crippen LogP contribution in [0.25, 0.3) is 22.0 Å². The molecule has 4 rings (SSSR count). The van der Waals surface area contributed by atoms with Crippen LogP contribution in [0, 0.1) is 0 Å². The average Bonchev–Trinajstić information content (AvgIpc) is 3.31. The number of pyridine rings is 1. The van der Waals surface area contributed by atoms with Gasteiger partial charge in [-0.25, -0.2) is 4.79 Å². The molecule has 29 heavy (non-hydrogen) atoms. The fourth-order valence-electron chi connectivity index (χ4n) is 3.71. The van der Waals surface area contributed by atoms with Gasteiger partial charge in [0.15, 0.2) is 0 Å². The van der Waals surface area contributed by atoms with Gasteiger partial charge in [-0.3, -0.25) is 4.98 Å². The molecule has 0 unspecified atom stereocenters. The summed E-state index contributed by atoms with van der Waals surface area (Å²) in [7, 11) is 1.41. The number of ether oxygens (including phenoxy) is 1. The Labute approximate surface area is 180 Å². The molecule has 0 radical (unpaired) electrons. The first-order chi connectivity index (χ1) is 14.2. The second-order valence-electron chi connectivity index (χ2n) is 6.93. The molecule has 0 saturated carbocycles. The van der Waals surface area contributed by atoms with Gasteiger partial charge in [-0.15, -0.1) is 0 Å². The van der Waals surface area contributed by atoms with Gasteiger partial charge in [0.25, 0.3) is 0 Å². The average molecular weight is 423 g/mol. The highest BCUT2D eigenvalue weighted by molar-refractivity contribution is 8.22. The number of thiocarbonyl (C=S) groups is 1. The number of likely N-dealkylation sites (tertiary alicyclic amines) is 1. The molecule has 2 aromatic carbocycles. The van der Waals surface area contributed by atoms with Crippen molar-refractivity contribution in [2.24, 2.45) is 0 Å². The number of nitrogens with zero attached hydrogens (tertiary/aromatic N) is 2. The van der Waals surface area contributed by atoms with Crippen molar-refractivity contribution in [3.63, 3.8) is 0 Å². The largest absolute Gasteiger partial charge is 0.465 e. The van der Waals surface area contributed by atoms with Crippen molar-refractivity contribution in [1.82, 2.24) is 9.88 Å². The number of carbonyl (C=O) groups is 1. The van der Waals surface area contributed by atoms with Crippen LogP contribution in [-0.2, 0) is 10.5 Å². The monoisotopic (exact) mass is 422 g/mol. The summed E-state index contributed by atoms with van der Waals surface area (Å²) in [4.78, 5) is 19.9.